The second-order valence-electron chi connectivity index (χ2n) is 3.30. The highest BCUT2D eigenvalue weighted by Gasteiger charge is 2.20. The van der Waals surface area contributed by atoms with Crippen molar-refractivity contribution < 1.29 is 0 Å². The lowest BCUT2D eigenvalue weighted by Crippen LogP contribution is -2.47. The zero-order valence-corrected chi connectivity index (χ0v) is 9.59. The fourth-order valence-corrected chi connectivity index (χ4v) is 3.64. The first kappa shape index (κ1) is 11.1. The number of nitrogens with one attached hydrogen (secondary N) is 2. The molecule has 0 aliphatic carbocycles. The van der Waals surface area contributed by atoms with Crippen molar-refractivity contribution in [1.82, 2.24) is 9.96 Å². The summed E-state index contributed by atoms with van der Waals surface area (Å²) >= 11 is 0. The van der Waals surface area contributed by atoms with Gasteiger partial charge >= 0.3 is 0 Å². The molecule has 0 saturated heterocycles. The zero-order chi connectivity index (χ0) is 8.85. The molecule has 0 fully saturated rings. The third-order valence-electron chi connectivity index (χ3n) is 2.69. The molecule has 11 heavy (non-hydrogen) atoms. The average molecular weight is 174 g/mol. The molecule has 0 radical (unpaired) electrons. The maximum atomic E-state index is 3.39. The molecule has 0 amide bonds. The van der Waals surface area contributed by atoms with Gasteiger partial charge in [0, 0.05) is 0 Å². The Morgan fingerprint density at radius 3 is 1.91 bits per heavy atom. The minimum absolute atomic E-state index is 0.829. The van der Waals surface area contributed by atoms with Crippen molar-refractivity contribution in [3.8, 4) is 0 Å². The van der Waals surface area contributed by atoms with E-state index in [1.165, 1.54) is 6.42 Å². The summed E-state index contributed by atoms with van der Waals surface area (Å²) in [6.45, 7) is 6.94. The van der Waals surface area contributed by atoms with Gasteiger partial charge in [-0.05, 0) is 25.6 Å². The standard InChI is InChI=1S/C8H22N2Si/c1-6-7(2)8(3)11(9-4)10-5/h7-11H,6H2,1-5H3. The molecule has 0 heterocycles. The summed E-state index contributed by atoms with van der Waals surface area (Å²) in [5.74, 6) is 0.839. The lowest BCUT2D eigenvalue weighted by atomic mass is 10.1. The SMILES string of the molecule is CCC(C)C(C)[SiH](NC)NC. The number of hydrogen-bond donors (Lipinski definition) is 2. The topological polar surface area (TPSA) is 24.1 Å². The van der Waals surface area contributed by atoms with Gasteiger partial charge in [-0.1, -0.05) is 27.2 Å². The summed E-state index contributed by atoms with van der Waals surface area (Å²) in [7, 11) is 3.26. The summed E-state index contributed by atoms with van der Waals surface area (Å²) in [4.78, 5) is 6.79. The molecule has 0 aliphatic rings. The molecule has 2 atom stereocenters. The molecule has 0 aromatic carbocycles. The molecule has 3 heteroatoms. The fraction of sp³-hybridized carbons (Fsp3) is 1.00. The Hall–Kier alpha value is 0.137. The maximum absolute atomic E-state index is 3.39. The van der Waals surface area contributed by atoms with Crippen LogP contribution < -0.4 is 9.96 Å². The molecule has 0 aromatic rings. The van der Waals surface area contributed by atoms with E-state index in [-0.39, 0.29) is 0 Å². The fourth-order valence-electron chi connectivity index (χ4n) is 1.37. The van der Waals surface area contributed by atoms with E-state index in [1.807, 2.05) is 0 Å². The zero-order valence-electron chi connectivity index (χ0n) is 8.44. The van der Waals surface area contributed by atoms with Crippen LogP contribution >= 0.6 is 0 Å². The van der Waals surface area contributed by atoms with E-state index in [2.05, 4.69) is 44.8 Å². The van der Waals surface area contributed by atoms with Gasteiger partial charge in [-0.3, -0.25) is 0 Å². The second-order valence-corrected chi connectivity index (χ2v) is 6.46. The molecule has 0 saturated carbocycles. The molecule has 0 bridgehead atoms. The van der Waals surface area contributed by atoms with Crippen molar-refractivity contribution in [2.45, 2.75) is 32.7 Å². The number of rotatable bonds is 5. The predicted octanol–water partition coefficient (Wildman–Crippen LogP) is 1.08. The molecule has 0 rings (SSSR count). The van der Waals surface area contributed by atoms with Gasteiger partial charge in [0.25, 0.3) is 0 Å². The van der Waals surface area contributed by atoms with Crippen LogP contribution in [0.3, 0.4) is 0 Å². The Morgan fingerprint density at radius 2 is 1.64 bits per heavy atom. The summed E-state index contributed by atoms with van der Waals surface area (Å²) in [5.41, 5.74) is 0.829. The van der Waals surface area contributed by atoms with Gasteiger partial charge in [0.2, 0.25) is 0 Å². The van der Waals surface area contributed by atoms with E-state index in [0.717, 1.165) is 11.5 Å². The minimum Gasteiger partial charge on any atom is -0.330 e. The van der Waals surface area contributed by atoms with Crippen LogP contribution in [0.2, 0.25) is 5.54 Å². The molecule has 2 nitrogen and oxygen atoms in total. The monoisotopic (exact) mass is 174 g/mol. The van der Waals surface area contributed by atoms with Crippen molar-refractivity contribution in [3.63, 3.8) is 0 Å². The van der Waals surface area contributed by atoms with Gasteiger partial charge in [-0.25, -0.2) is 0 Å². The van der Waals surface area contributed by atoms with E-state index in [0.29, 0.717) is 0 Å². The summed E-state index contributed by atoms with van der Waals surface area (Å²) < 4.78 is 0. The third kappa shape index (κ3) is 3.36. The molecule has 0 aromatic heterocycles. The normalized spacial score (nSPS) is 16.9. The van der Waals surface area contributed by atoms with Crippen LogP contribution in [0.25, 0.3) is 0 Å². The van der Waals surface area contributed by atoms with E-state index in [9.17, 15) is 0 Å². The van der Waals surface area contributed by atoms with Crippen molar-refractivity contribution in [2.75, 3.05) is 14.1 Å². The average Bonchev–Trinajstić information content (AvgIpc) is 2.05. The van der Waals surface area contributed by atoms with Gasteiger partial charge in [0.05, 0.1) is 0 Å². The van der Waals surface area contributed by atoms with E-state index in [1.54, 1.807) is 0 Å². The minimum atomic E-state index is -0.862. The first-order chi connectivity index (χ1) is 5.17. The van der Waals surface area contributed by atoms with Crippen LogP contribution in [-0.4, -0.2) is 23.2 Å². The maximum Gasteiger partial charge on any atom is 0.187 e. The highest BCUT2D eigenvalue weighted by Crippen LogP contribution is 2.20. The summed E-state index contributed by atoms with van der Waals surface area (Å²) in [5, 5.41) is 0. The van der Waals surface area contributed by atoms with Gasteiger partial charge in [0.15, 0.2) is 9.12 Å². The van der Waals surface area contributed by atoms with Gasteiger partial charge in [-0.15, -0.1) is 0 Å². The van der Waals surface area contributed by atoms with Crippen LogP contribution in [0, 0.1) is 5.92 Å². The first-order valence-electron chi connectivity index (χ1n) is 4.51. The van der Waals surface area contributed by atoms with Gasteiger partial charge in [-0.2, -0.15) is 0 Å². The van der Waals surface area contributed by atoms with Crippen molar-refractivity contribution in [1.29, 1.82) is 0 Å². The Balaban J connectivity index is 3.86. The lowest BCUT2D eigenvalue weighted by molar-refractivity contribution is 0.526. The van der Waals surface area contributed by atoms with Crippen LogP contribution in [-0.2, 0) is 0 Å². The molecule has 2 unspecified atom stereocenters. The van der Waals surface area contributed by atoms with Crippen LogP contribution in [0.1, 0.15) is 27.2 Å². The van der Waals surface area contributed by atoms with E-state index >= 15 is 0 Å². The largest absolute Gasteiger partial charge is 0.330 e. The van der Waals surface area contributed by atoms with E-state index < -0.39 is 9.12 Å². The van der Waals surface area contributed by atoms with Crippen LogP contribution in [0.4, 0.5) is 0 Å². The Morgan fingerprint density at radius 1 is 1.18 bits per heavy atom. The molecule has 2 N–H and O–H groups in total. The number of hydrogen-bond acceptors (Lipinski definition) is 2. The molecule has 0 aliphatic heterocycles. The Kier molecular flexibility index (Phi) is 5.82. The quantitative estimate of drug-likeness (QED) is 0.610. The van der Waals surface area contributed by atoms with Gasteiger partial charge in [0.1, 0.15) is 0 Å². The molecule has 0 spiro atoms. The summed E-state index contributed by atoms with van der Waals surface area (Å²) in [6, 6.07) is 0. The third-order valence-corrected chi connectivity index (χ3v) is 5.64. The summed E-state index contributed by atoms with van der Waals surface area (Å²) in [6.07, 6.45) is 1.29. The Labute approximate surface area is 72.5 Å². The van der Waals surface area contributed by atoms with Crippen molar-refractivity contribution >= 4 is 9.12 Å². The molecular weight excluding hydrogens is 152 g/mol. The highest BCUT2D eigenvalue weighted by atomic mass is 28.3. The van der Waals surface area contributed by atoms with Crippen LogP contribution in [0.15, 0.2) is 0 Å². The smallest absolute Gasteiger partial charge is 0.187 e. The van der Waals surface area contributed by atoms with Gasteiger partial charge < -0.3 is 9.96 Å². The predicted molar refractivity (Wildman–Crippen MR) is 54.1 cm³/mol. The lowest BCUT2D eigenvalue weighted by Gasteiger charge is -2.25. The highest BCUT2D eigenvalue weighted by molar-refractivity contribution is 6.54. The van der Waals surface area contributed by atoms with Crippen LogP contribution in [0.5, 0.6) is 0 Å². The van der Waals surface area contributed by atoms with E-state index in [4.69, 9.17) is 0 Å². The Bertz CT molecular complexity index is 94.1. The second kappa shape index (κ2) is 5.74. The first-order valence-corrected chi connectivity index (χ1v) is 6.34. The molecular formula is C8H22N2Si. The van der Waals surface area contributed by atoms with Crippen molar-refractivity contribution in [3.05, 3.63) is 0 Å². The molecule has 68 valence electrons. The van der Waals surface area contributed by atoms with Crippen molar-refractivity contribution in [2.24, 2.45) is 5.92 Å².